The van der Waals surface area contributed by atoms with Crippen LogP contribution in [0.25, 0.3) is 10.9 Å². The summed E-state index contributed by atoms with van der Waals surface area (Å²) in [5.74, 6) is -0.154. The molecule has 0 saturated heterocycles. The second-order valence-corrected chi connectivity index (χ2v) is 9.26. The van der Waals surface area contributed by atoms with E-state index in [2.05, 4.69) is 21.4 Å². The lowest BCUT2D eigenvalue weighted by Crippen LogP contribution is -2.30. The standard InChI is InChI=1S/C24H23N3O3S2/c1-16-27-18(14-31-16)15-32-22-9-5-3-7-20(22)24(29)30-13-23(28)25-11-10-17-12-26-21-8-4-2-6-19(17)21/h2-9,12,14,26H,10-11,13,15H2,1H3,(H,25,28). The van der Waals surface area contributed by atoms with Crippen LogP contribution in [-0.4, -0.2) is 35.0 Å². The Bertz CT molecular complexity index is 1230. The monoisotopic (exact) mass is 465 g/mol. The molecule has 2 heterocycles. The van der Waals surface area contributed by atoms with E-state index >= 15 is 0 Å². The first kappa shape index (κ1) is 22.1. The van der Waals surface area contributed by atoms with Crippen molar-refractivity contribution in [2.45, 2.75) is 24.0 Å². The number of aryl methyl sites for hydroxylation is 1. The van der Waals surface area contributed by atoms with Crippen LogP contribution in [0.3, 0.4) is 0 Å². The molecule has 0 aliphatic carbocycles. The Morgan fingerprint density at radius 2 is 1.97 bits per heavy atom. The van der Waals surface area contributed by atoms with Crippen molar-refractivity contribution in [3.63, 3.8) is 0 Å². The Balaban J connectivity index is 1.25. The molecule has 4 aromatic rings. The number of aromatic nitrogens is 2. The molecule has 0 radical (unpaired) electrons. The summed E-state index contributed by atoms with van der Waals surface area (Å²) in [6, 6.07) is 15.3. The lowest BCUT2D eigenvalue weighted by atomic mass is 10.1. The van der Waals surface area contributed by atoms with Crippen molar-refractivity contribution < 1.29 is 14.3 Å². The van der Waals surface area contributed by atoms with E-state index in [0.717, 1.165) is 32.1 Å². The van der Waals surface area contributed by atoms with Crippen LogP contribution < -0.4 is 5.32 Å². The van der Waals surface area contributed by atoms with Crippen LogP contribution in [0.5, 0.6) is 0 Å². The number of thioether (sulfide) groups is 1. The third kappa shape index (κ3) is 5.57. The number of carbonyl (C=O) groups is 2. The van der Waals surface area contributed by atoms with Gasteiger partial charge in [-0.2, -0.15) is 0 Å². The number of H-pyrrole nitrogens is 1. The van der Waals surface area contributed by atoms with Gasteiger partial charge in [-0.15, -0.1) is 23.1 Å². The summed E-state index contributed by atoms with van der Waals surface area (Å²) >= 11 is 3.13. The minimum atomic E-state index is -0.505. The van der Waals surface area contributed by atoms with E-state index in [-0.39, 0.29) is 12.5 Å². The third-order valence-electron chi connectivity index (χ3n) is 4.87. The Labute approximate surface area is 194 Å². The quantitative estimate of drug-likeness (QED) is 0.276. The molecule has 0 saturated carbocycles. The summed E-state index contributed by atoms with van der Waals surface area (Å²) in [6.45, 7) is 2.13. The topological polar surface area (TPSA) is 84.1 Å². The van der Waals surface area contributed by atoms with E-state index in [1.807, 2.05) is 48.8 Å². The number of hydrogen-bond donors (Lipinski definition) is 2. The van der Waals surface area contributed by atoms with E-state index in [1.54, 1.807) is 23.5 Å². The van der Waals surface area contributed by atoms with Gasteiger partial charge < -0.3 is 15.0 Å². The van der Waals surface area contributed by atoms with Gasteiger partial charge in [0.1, 0.15) is 0 Å². The molecule has 4 rings (SSSR count). The maximum Gasteiger partial charge on any atom is 0.339 e. The van der Waals surface area contributed by atoms with E-state index in [9.17, 15) is 9.59 Å². The molecule has 164 valence electrons. The summed E-state index contributed by atoms with van der Waals surface area (Å²) in [7, 11) is 0. The van der Waals surface area contributed by atoms with Gasteiger partial charge in [-0.3, -0.25) is 4.79 Å². The molecule has 0 unspecified atom stereocenters. The molecule has 6 nitrogen and oxygen atoms in total. The van der Waals surface area contributed by atoms with Gasteiger partial charge in [0.25, 0.3) is 5.91 Å². The smallest absolute Gasteiger partial charge is 0.339 e. The van der Waals surface area contributed by atoms with Crippen molar-refractivity contribution in [3.05, 3.63) is 81.9 Å². The molecule has 0 aliphatic heterocycles. The summed E-state index contributed by atoms with van der Waals surface area (Å²) in [5, 5.41) is 7.00. The molecule has 2 aromatic heterocycles. The molecule has 0 atom stereocenters. The molecule has 8 heteroatoms. The number of para-hydroxylation sites is 1. The van der Waals surface area contributed by atoms with Gasteiger partial charge >= 0.3 is 5.97 Å². The minimum absolute atomic E-state index is 0.309. The van der Waals surface area contributed by atoms with Crippen molar-refractivity contribution >= 4 is 45.9 Å². The number of rotatable bonds is 9. The lowest BCUT2D eigenvalue weighted by Gasteiger charge is -2.09. The summed E-state index contributed by atoms with van der Waals surface area (Å²) in [5.41, 5.74) is 3.65. The molecule has 2 N–H and O–H groups in total. The van der Waals surface area contributed by atoms with Crippen LogP contribution in [0, 0.1) is 6.92 Å². The molecular weight excluding hydrogens is 442 g/mol. The van der Waals surface area contributed by atoms with Crippen LogP contribution in [0.4, 0.5) is 0 Å². The van der Waals surface area contributed by atoms with Crippen molar-refractivity contribution in [3.8, 4) is 0 Å². The molecule has 0 spiro atoms. The Hall–Kier alpha value is -3.10. The zero-order chi connectivity index (χ0) is 22.3. The highest BCUT2D eigenvalue weighted by atomic mass is 32.2. The normalized spacial score (nSPS) is 10.9. The molecule has 0 bridgehead atoms. The zero-order valence-electron chi connectivity index (χ0n) is 17.6. The van der Waals surface area contributed by atoms with Gasteiger partial charge in [0.05, 0.1) is 16.3 Å². The fourth-order valence-corrected chi connectivity index (χ4v) is 4.97. The number of aromatic amines is 1. The van der Waals surface area contributed by atoms with Crippen LogP contribution in [-0.2, 0) is 21.7 Å². The predicted molar refractivity (Wildman–Crippen MR) is 128 cm³/mol. The number of ether oxygens (including phenoxy) is 1. The summed E-state index contributed by atoms with van der Waals surface area (Å²) in [4.78, 5) is 33.2. The highest BCUT2D eigenvalue weighted by molar-refractivity contribution is 7.98. The van der Waals surface area contributed by atoms with Gasteiger partial charge in [-0.25, -0.2) is 9.78 Å². The molecule has 2 aromatic carbocycles. The first-order chi connectivity index (χ1) is 15.6. The number of carbonyl (C=O) groups excluding carboxylic acids is 2. The third-order valence-corrected chi connectivity index (χ3v) is 6.80. The fraction of sp³-hybridized carbons (Fsp3) is 0.208. The van der Waals surface area contributed by atoms with Crippen LogP contribution >= 0.6 is 23.1 Å². The van der Waals surface area contributed by atoms with E-state index in [0.29, 0.717) is 24.3 Å². The second-order valence-electron chi connectivity index (χ2n) is 7.18. The lowest BCUT2D eigenvalue weighted by molar-refractivity contribution is -0.124. The number of hydrogen-bond acceptors (Lipinski definition) is 6. The van der Waals surface area contributed by atoms with Gasteiger partial charge in [0, 0.05) is 39.7 Å². The summed E-state index contributed by atoms with van der Waals surface area (Å²) < 4.78 is 5.26. The Kier molecular flexibility index (Phi) is 7.24. The number of amides is 1. The predicted octanol–water partition coefficient (Wildman–Crippen LogP) is 4.74. The van der Waals surface area contributed by atoms with Crippen LogP contribution in [0.1, 0.15) is 26.6 Å². The first-order valence-corrected chi connectivity index (χ1v) is 12.1. The maximum absolute atomic E-state index is 12.6. The van der Waals surface area contributed by atoms with E-state index in [4.69, 9.17) is 4.74 Å². The SMILES string of the molecule is Cc1nc(CSc2ccccc2C(=O)OCC(=O)NCCc2c[nH]c3ccccc23)cs1. The van der Waals surface area contributed by atoms with Gasteiger partial charge in [-0.05, 0) is 37.1 Å². The number of fused-ring (bicyclic) bond motifs is 1. The van der Waals surface area contributed by atoms with E-state index in [1.165, 1.54) is 11.8 Å². The number of nitrogens with one attached hydrogen (secondary N) is 2. The molecular formula is C24H23N3O3S2. The second kappa shape index (κ2) is 10.5. The van der Waals surface area contributed by atoms with Gasteiger partial charge in [-0.1, -0.05) is 30.3 Å². The average molecular weight is 466 g/mol. The number of thiazole rings is 1. The molecule has 32 heavy (non-hydrogen) atoms. The van der Waals surface area contributed by atoms with Crippen LogP contribution in [0.15, 0.2) is 65.0 Å². The van der Waals surface area contributed by atoms with Crippen molar-refractivity contribution in [1.82, 2.24) is 15.3 Å². The van der Waals surface area contributed by atoms with Crippen molar-refractivity contribution in [2.24, 2.45) is 0 Å². The number of benzene rings is 2. The van der Waals surface area contributed by atoms with Gasteiger partial charge in [0.15, 0.2) is 6.61 Å². The highest BCUT2D eigenvalue weighted by Gasteiger charge is 2.15. The fourth-order valence-electron chi connectivity index (χ4n) is 3.32. The van der Waals surface area contributed by atoms with Crippen LogP contribution in [0.2, 0.25) is 0 Å². The first-order valence-electron chi connectivity index (χ1n) is 10.2. The molecule has 0 aliphatic rings. The summed E-state index contributed by atoms with van der Waals surface area (Å²) in [6.07, 6.45) is 2.65. The minimum Gasteiger partial charge on any atom is -0.452 e. The van der Waals surface area contributed by atoms with Gasteiger partial charge in [0.2, 0.25) is 0 Å². The number of nitrogens with zero attached hydrogens (tertiary/aromatic N) is 1. The maximum atomic E-state index is 12.6. The Morgan fingerprint density at radius 1 is 1.16 bits per heavy atom. The van der Waals surface area contributed by atoms with Crippen molar-refractivity contribution in [2.75, 3.05) is 13.2 Å². The Morgan fingerprint density at radius 3 is 2.81 bits per heavy atom. The zero-order valence-corrected chi connectivity index (χ0v) is 19.2. The van der Waals surface area contributed by atoms with E-state index < -0.39 is 5.97 Å². The molecule has 0 fully saturated rings. The highest BCUT2D eigenvalue weighted by Crippen LogP contribution is 2.27. The van der Waals surface area contributed by atoms with Crippen molar-refractivity contribution in [1.29, 1.82) is 0 Å². The number of esters is 1. The molecule has 1 amide bonds. The largest absolute Gasteiger partial charge is 0.452 e. The average Bonchev–Trinajstić information content (AvgIpc) is 3.42.